The number of amides is 1. The summed E-state index contributed by atoms with van der Waals surface area (Å²) in [5.41, 5.74) is 3.93. The molecule has 1 aliphatic rings. The molecule has 0 fully saturated rings. The number of aryl methyl sites for hydroxylation is 1. The number of ketones is 1. The van der Waals surface area contributed by atoms with Crippen molar-refractivity contribution in [2.24, 2.45) is 0 Å². The molecular weight excluding hydrogens is 330 g/mol. The van der Waals surface area contributed by atoms with Crippen molar-refractivity contribution >= 4 is 22.6 Å². The van der Waals surface area contributed by atoms with Crippen LogP contribution in [0.5, 0.6) is 0 Å². The van der Waals surface area contributed by atoms with Crippen molar-refractivity contribution in [2.45, 2.75) is 32.7 Å². The monoisotopic (exact) mass is 349 g/mol. The number of fused-ring (bicyclic) bond motifs is 2. The van der Waals surface area contributed by atoms with Gasteiger partial charge in [0.15, 0.2) is 11.2 Å². The number of carbonyl (C=O) groups excluding carboxylic acids is 2. The minimum atomic E-state index is -0.279. The Hall–Kier alpha value is -3.15. The molecule has 0 radical (unpaired) electrons. The van der Waals surface area contributed by atoms with Gasteiger partial charge in [-0.05, 0) is 37.5 Å². The summed E-state index contributed by atoms with van der Waals surface area (Å²) in [7, 11) is 0. The van der Waals surface area contributed by atoms with Gasteiger partial charge >= 0.3 is 0 Å². The number of aromatic amines is 2. The second-order valence-electron chi connectivity index (χ2n) is 6.64. The number of H-pyrrole nitrogens is 2. The zero-order valence-electron chi connectivity index (χ0n) is 14.4. The lowest BCUT2D eigenvalue weighted by Gasteiger charge is -2.09. The number of Topliss-reactive ketones (excluding diaryl/α,β-unsaturated/α-hetero) is 1. The van der Waals surface area contributed by atoms with Crippen molar-refractivity contribution in [2.75, 3.05) is 0 Å². The molecule has 132 valence electrons. The third kappa shape index (κ3) is 2.73. The molecule has 2 aromatic heterocycles. The number of aromatic nitrogens is 2. The van der Waals surface area contributed by atoms with Crippen LogP contribution < -0.4 is 10.7 Å². The number of pyridine rings is 1. The fraction of sp³-hybridized carbons (Fsp3) is 0.250. The second kappa shape index (κ2) is 6.29. The first-order valence-corrected chi connectivity index (χ1v) is 8.68. The summed E-state index contributed by atoms with van der Waals surface area (Å²) in [6, 6.07) is 8.76. The molecule has 4 rings (SSSR count). The number of rotatable bonds is 3. The Labute approximate surface area is 149 Å². The molecular formula is C20H19N3O3. The maximum Gasteiger partial charge on any atom is 0.268 e. The highest BCUT2D eigenvalue weighted by Crippen LogP contribution is 2.26. The lowest BCUT2D eigenvalue weighted by atomic mass is 9.94. The average Bonchev–Trinajstić information content (AvgIpc) is 2.98. The van der Waals surface area contributed by atoms with Crippen LogP contribution in [0.2, 0.25) is 0 Å². The fourth-order valence-electron chi connectivity index (χ4n) is 3.61. The summed E-state index contributed by atoms with van der Waals surface area (Å²) >= 11 is 0. The predicted octanol–water partition coefficient (Wildman–Crippen LogP) is 2.61. The van der Waals surface area contributed by atoms with Crippen LogP contribution in [0.4, 0.5) is 0 Å². The number of nitrogens with one attached hydrogen (secondary N) is 3. The molecule has 3 aromatic rings. The molecule has 2 heterocycles. The van der Waals surface area contributed by atoms with E-state index in [9.17, 15) is 14.4 Å². The van der Waals surface area contributed by atoms with Crippen molar-refractivity contribution in [1.82, 2.24) is 15.3 Å². The predicted molar refractivity (Wildman–Crippen MR) is 98.5 cm³/mol. The van der Waals surface area contributed by atoms with Crippen molar-refractivity contribution in [3.63, 3.8) is 0 Å². The molecule has 6 nitrogen and oxygen atoms in total. The second-order valence-corrected chi connectivity index (χ2v) is 6.64. The molecule has 0 atom stereocenters. The van der Waals surface area contributed by atoms with Crippen molar-refractivity contribution < 1.29 is 9.59 Å². The van der Waals surface area contributed by atoms with E-state index in [0.29, 0.717) is 34.3 Å². The van der Waals surface area contributed by atoms with Crippen molar-refractivity contribution in [3.8, 4) is 0 Å². The van der Waals surface area contributed by atoms with Gasteiger partial charge in [-0.15, -0.1) is 0 Å². The first-order valence-electron chi connectivity index (χ1n) is 8.68. The zero-order chi connectivity index (χ0) is 18.3. The number of carbonyl (C=O) groups is 2. The highest BCUT2D eigenvalue weighted by atomic mass is 16.2. The first-order chi connectivity index (χ1) is 12.5. The Morgan fingerprint density at radius 1 is 1.15 bits per heavy atom. The van der Waals surface area contributed by atoms with Gasteiger partial charge in [0.05, 0.1) is 6.54 Å². The molecule has 0 bridgehead atoms. The third-order valence-corrected chi connectivity index (χ3v) is 4.90. The third-order valence-electron chi connectivity index (χ3n) is 4.90. The van der Waals surface area contributed by atoms with Crippen LogP contribution in [-0.4, -0.2) is 21.7 Å². The molecule has 0 aliphatic heterocycles. The van der Waals surface area contributed by atoms with Crippen LogP contribution in [-0.2, 0) is 13.0 Å². The quantitative estimate of drug-likeness (QED) is 0.678. The Morgan fingerprint density at radius 2 is 1.96 bits per heavy atom. The summed E-state index contributed by atoms with van der Waals surface area (Å²) in [4.78, 5) is 43.1. The van der Waals surface area contributed by atoms with E-state index >= 15 is 0 Å². The normalized spacial score (nSPS) is 13.7. The van der Waals surface area contributed by atoms with E-state index in [1.165, 1.54) is 6.07 Å². The molecule has 26 heavy (non-hydrogen) atoms. The van der Waals surface area contributed by atoms with Gasteiger partial charge in [0.1, 0.15) is 5.69 Å². The molecule has 0 saturated heterocycles. The lowest BCUT2D eigenvalue weighted by Crippen LogP contribution is -2.25. The largest absolute Gasteiger partial charge is 0.357 e. The summed E-state index contributed by atoms with van der Waals surface area (Å²) in [6.45, 7) is 2.00. The number of benzene rings is 1. The molecule has 1 aromatic carbocycles. The van der Waals surface area contributed by atoms with E-state index in [4.69, 9.17) is 0 Å². The summed E-state index contributed by atoms with van der Waals surface area (Å²) in [6.07, 6.45) is 2.13. The molecule has 0 saturated carbocycles. The Kier molecular flexibility index (Phi) is 3.95. The van der Waals surface area contributed by atoms with Gasteiger partial charge in [-0.3, -0.25) is 14.4 Å². The van der Waals surface area contributed by atoms with Gasteiger partial charge in [0, 0.05) is 40.3 Å². The van der Waals surface area contributed by atoms with Crippen LogP contribution in [0.3, 0.4) is 0 Å². The zero-order valence-corrected chi connectivity index (χ0v) is 14.4. The van der Waals surface area contributed by atoms with Crippen LogP contribution in [0.15, 0.2) is 35.1 Å². The van der Waals surface area contributed by atoms with E-state index in [-0.39, 0.29) is 23.7 Å². The van der Waals surface area contributed by atoms with Crippen molar-refractivity contribution in [3.05, 3.63) is 68.8 Å². The van der Waals surface area contributed by atoms with E-state index < -0.39 is 0 Å². The number of hydrogen-bond acceptors (Lipinski definition) is 3. The Bertz CT molecular complexity index is 1090. The number of para-hydroxylation sites is 1. The minimum absolute atomic E-state index is 0.0827. The smallest absolute Gasteiger partial charge is 0.268 e. The summed E-state index contributed by atoms with van der Waals surface area (Å²) in [5.74, 6) is -0.184. The van der Waals surface area contributed by atoms with Gasteiger partial charge in [-0.1, -0.05) is 12.1 Å². The topological polar surface area (TPSA) is 94.8 Å². The maximum absolute atomic E-state index is 12.6. The lowest BCUT2D eigenvalue weighted by molar-refractivity contribution is 0.0944. The summed E-state index contributed by atoms with van der Waals surface area (Å²) < 4.78 is 0. The molecule has 0 unspecified atom stereocenters. The van der Waals surface area contributed by atoms with Crippen LogP contribution in [0.1, 0.15) is 50.6 Å². The molecule has 0 spiro atoms. The van der Waals surface area contributed by atoms with E-state index in [2.05, 4.69) is 15.3 Å². The number of hydrogen-bond donors (Lipinski definition) is 3. The average molecular weight is 349 g/mol. The van der Waals surface area contributed by atoms with Gasteiger partial charge in [0.2, 0.25) is 0 Å². The maximum atomic E-state index is 12.6. The molecule has 3 N–H and O–H groups in total. The van der Waals surface area contributed by atoms with Crippen molar-refractivity contribution in [1.29, 1.82) is 0 Å². The van der Waals surface area contributed by atoms with Gasteiger partial charge < -0.3 is 15.3 Å². The SMILES string of the molecule is Cc1c(C(=O)NCc2cc(=O)c3ccccc3[nH]2)[nH]c2c1C(=O)CCC2. The molecule has 1 aliphatic carbocycles. The Morgan fingerprint density at radius 3 is 2.77 bits per heavy atom. The fourth-order valence-corrected chi connectivity index (χ4v) is 3.61. The highest BCUT2D eigenvalue weighted by Gasteiger charge is 2.26. The van der Waals surface area contributed by atoms with Gasteiger partial charge in [0.25, 0.3) is 5.91 Å². The highest BCUT2D eigenvalue weighted by molar-refractivity contribution is 6.04. The van der Waals surface area contributed by atoms with Crippen LogP contribution in [0.25, 0.3) is 10.9 Å². The summed E-state index contributed by atoms with van der Waals surface area (Å²) in [5, 5.41) is 3.44. The van der Waals surface area contributed by atoms with E-state index in [1.807, 2.05) is 18.2 Å². The Balaban J connectivity index is 1.57. The standard InChI is InChI=1S/C20H19N3O3/c1-11-18-15(7-4-8-16(18)24)23-19(11)20(26)21-10-12-9-17(25)13-5-2-3-6-14(13)22-12/h2-3,5-6,9,23H,4,7-8,10H2,1H3,(H,21,26)(H,22,25). The van der Waals surface area contributed by atoms with Gasteiger partial charge in [-0.25, -0.2) is 0 Å². The van der Waals surface area contributed by atoms with E-state index in [1.54, 1.807) is 13.0 Å². The van der Waals surface area contributed by atoms with Gasteiger partial charge in [-0.2, -0.15) is 0 Å². The first kappa shape index (κ1) is 16.3. The molecule has 6 heteroatoms. The van der Waals surface area contributed by atoms with E-state index in [0.717, 1.165) is 24.1 Å². The molecule has 1 amide bonds. The van der Waals surface area contributed by atoms with Crippen LogP contribution >= 0.6 is 0 Å². The minimum Gasteiger partial charge on any atom is -0.357 e. The van der Waals surface area contributed by atoms with Crippen LogP contribution in [0, 0.1) is 6.92 Å².